The van der Waals surface area contributed by atoms with Crippen LogP contribution < -0.4 is 15.4 Å². The van der Waals surface area contributed by atoms with E-state index in [1.165, 1.54) is 6.20 Å². The Morgan fingerprint density at radius 1 is 0.914 bits per heavy atom. The topological polar surface area (TPSA) is 140 Å². The van der Waals surface area contributed by atoms with Crippen LogP contribution in [0.2, 0.25) is 0 Å². The summed E-state index contributed by atoms with van der Waals surface area (Å²) in [7, 11) is 0. The molecule has 3 aromatic heterocycles. The van der Waals surface area contributed by atoms with Crippen molar-refractivity contribution in [2.75, 3.05) is 0 Å². The van der Waals surface area contributed by atoms with Gasteiger partial charge in [0.05, 0.1) is 11.3 Å². The van der Waals surface area contributed by atoms with Crippen molar-refractivity contribution in [2.45, 2.75) is 13.0 Å². The SMILES string of the molecule is NOC(=O)/C=C\C(=O)Oc1ncccc1-c1cc(Cc2ccc(COc3ccccn3)cc2)no1. The lowest BCUT2D eigenvalue weighted by Crippen LogP contribution is -2.10. The number of esters is 1. The molecule has 3 heterocycles. The molecule has 0 unspecified atom stereocenters. The van der Waals surface area contributed by atoms with Crippen LogP contribution in [0.5, 0.6) is 11.8 Å². The van der Waals surface area contributed by atoms with Gasteiger partial charge >= 0.3 is 11.9 Å². The highest BCUT2D eigenvalue weighted by atomic mass is 16.7. The number of nitrogens with two attached hydrogens (primary N) is 1. The number of rotatable bonds is 9. The van der Waals surface area contributed by atoms with E-state index >= 15 is 0 Å². The summed E-state index contributed by atoms with van der Waals surface area (Å²) < 4.78 is 16.3. The van der Waals surface area contributed by atoms with Crippen LogP contribution in [0.1, 0.15) is 16.8 Å². The second-order valence-electron chi connectivity index (χ2n) is 7.18. The van der Waals surface area contributed by atoms with Crippen LogP contribution in [-0.4, -0.2) is 27.1 Å². The van der Waals surface area contributed by atoms with Crippen molar-refractivity contribution < 1.29 is 28.4 Å². The molecule has 35 heavy (non-hydrogen) atoms. The lowest BCUT2D eigenvalue weighted by Gasteiger charge is -2.06. The Bertz CT molecular complexity index is 1320. The van der Waals surface area contributed by atoms with Crippen LogP contribution in [0.3, 0.4) is 0 Å². The van der Waals surface area contributed by atoms with Gasteiger partial charge in [0.25, 0.3) is 0 Å². The molecule has 0 saturated heterocycles. The van der Waals surface area contributed by atoms with E-state index in [4.69, 9.17) is 19.9 Å². The molecule has 0 saturated carbocycles. The number of ether oxygens (including phenoxy) is 2. The molecule has 0 amide bonds. The van der Waals surface area contributed by atoms with Crippen molar-refractivity contribution in [3.63, 3.8) is 0 Å². The van der Waals surface area contributed by atoms with E-state index in [1.54, 1.807) is 30.5 Å². The molecule has 4 rings (SSSR count). The summed E-state index contributed by atoms with van der Waals surface area (Å²) in [5, 5.41) is 4.11. The Balaban J connectivity index is 1.39. The van der Waals surface area contributed by atoms with Crippen molar-refractivity contribution in [2.24, 2.45) is 5.90 Å². The standard InChI is InChI=1S/C25H20N4O6/c26-34-24(31)11-10-23(30)33-25-20(4-3-13-28-25)21-15-19(29-35-21)14-17-6-8-18(9-7-17)16-32-22-5-1-2-12-27-22/h1-13,15H,14,16,26H2/b11-10-. The first kappa shape index (κ1) is 23.3. The van der Waals surface area contributed by atoms with E-state index in [1.807, 2.05) is 36.4 Å². The average molecular weight is 472 g/mol. The highest BCUT2D eigenvalue weighted by molar-refractivity contribution is 5.92. The molecule has 176 valence electrons. The third kappa shape index (κ3) is 6.59. The number of hydrogen-bond donors (Lipinski definition) is 1. The minimum Gasteiger partial charge on any atom is -0.473 e. The van der Waals surface area contributed by atoms with Crippen LogP contribution in [0.15, 0.2) is 89.7 Å². The Morgan fingerprint density at radius 3 is 2.46 bits per heavy atom. The molecule has 2 N–H and O–H groups in total. The summed E-state index contributed by atoms with van der Waals surface area (Å²) in [6.07, 6.45) is 5.39. The van der Waals surface area contributed by atoms with Crippen molar-refractivity contribution >= 4 is 11.9 Å². The maximum atomic E-state index is 12.0. The van der Waals surface area contributed by atoms with E-state index in [2.05, 4.69) is 20.0 Å². The minimum absolute atomic E-state index is 0.00299. The summed E-state index contributed by atoms with van der Waals surface area (Å²) in [5.74, 6) is 3.95. The fourth-order valence-electron chi connectivity index (χ4n) is 3.04. The van der Waals surface area contributed by atoms with E-state index in [9.17, 15) is 9.59 Å². The van der Waals surface area contributed by atoms with Gasteiger partial charge in [0.15, 0.2) is 5.76 Å². The predicted octanol–water partition coefficient (Wildman–Crippen LogP) is 3.18. The Kier molecular flexibility index (Phi) is 7.56. The van der Waals surface area contributed by atoms with Crippen LogP contribution in [0.25, 0.3) is 11.3 Å². The maximum Gasteiger partial charge on any atom is 0.349 e. The Hall–Kier alpha value is -4.83. The predicted molar refractivity (Wildman–Crippen MR) is 123 cm³/mol. The number of carbonyl (C=O) groups is 2. The van der Waals surface area contributed by atoms with Crippen molar-refractivity contribution in [1.82, 2.24) is 15.1 Å². The minimum atomic E-state index is -0.892. The number of carbonyl (C=O) groups excluding carboxylic acids is 2. The number of nitrogens with zero attached hydrogens (tertiary/aromatic N) is 3. The van der Waals surface area contributed by atoms with Gasteiger partial charge in [0.1, 0.15) is 6.61 Å². The van der Waals surface area contributed by atoms with Gasteiger partial charge < -0.3 is 18.8 Å². The highest BCUT2D eigenvalue weighted by Crippen LogP contribution is 2.29. The van der Waals surface area contributed by atoms with Gasteiger partial charge in [0.2, 0.25) is 11.8 Å². The molecule has 0 aliphatic rings. The molecule has 0 aliphatic heterocycles. The summed E-state index contributed by atoms with van der Waals surface area (Å²) in [6.45, 7) is 0.413. The quantitative estimate of drug-likeness (QED) is 0.219. The van der Waals surface area contributed by atoms with Gasteiger partial charge in [-0.05, 0) is 29.3 Å². The number of aromatic nitrogens is 3. The summed E-state index contributed by atoms with van der Waals surface area (Å²) in [4.78, 5) is 35.1. The monoisotopic (exact) mass is 472 g/mol. The fourth-order valence-corrected chi connectivity index (χ4v) is 3.04. The van der Waals surface area contributed by atoms with Crippen LogP contribution in [0, 0.1) is 0 Å². The molecule has 0 fully saturated rings. The molecular weight excluding hydrogens is 452 g/mol. The van der Waals surface area contributed by atoms with Gasteiger partial charge in [-0.1, -0.05) is 35.5 Å². The second kappa shape index (κ2) is 11.3. The maximum absolute atomic E-state index is 12.0. The first-order valence-corrected chi connectivity index (χ1v) is 10.4. The molecule has 0 atom stereocenters. The normalized spacial score (nSPS) is 10.8. The van der Waals surface area contributed by atoms with E-state index < -0.39 is 11.9 Å². The third-order valence-corrected chi connectivity index (χ3v) is 4.70. The van der Waals surface area contributed by atoms with Crippen molar-refractivity contribution in [3.05, 3.63) is 102 Å². The molecular formula is C25H20N4O6. The molecule has 0 bridgehead atoms. The molecule has 0 radical (unpaired) electrons. The van der Waals surface area contributed by atoms with Crippen molar-refractivity contribution in [3.8, 4) is 23.1 Å². The highest BCUT2D eigenvalue weighted by Gasteiger charge is 2.16. The van der Waals surface area contributed by atoms with Crippen LogP contribution >= 0.6 is 0 Å². The Labute approximate surface area is 199 Å². The zero-order chi connectivity index (χ0) is 24.5. The van der Waals surface area contributed by atoms with Crippen molar-refractivity contribution in [1.29, 1.82) is 0 Å². The molecule has 0 aliphatic carbocycles. The van der Waals surface area contributed by atoms with Gasteiger partial charge in [-0.25, -0.2) is 19.6 Å². The van der Waals surface area contributed by atoms with Gasteiger partial charge in [-0.2, -0.15) is 5.90 Å². The molecule has 1 aromatic carbocycles. The van der Waals surface area contributed by atoms with Gasteiger partial charge in [0, 0.05) is 43.1 Å². The Morgan fingerprint density at radius 2 is 1.69 bits per heavy atom. The van der Waals surface area contributed by atoms with Crippen LogP contribution in [-0.2, 0) is 27.5 Å². The zero-order valence-corrected chi connectivity index (χ0v) is 18.4. The molecule has 10 heteroatoms. The summed E-state index contributed by atoms with van der Waals surface area (Å²) >= 11 is 0. The first-order chi connectivity index (χ1) is 17.1. The number of benzene rings is 1. The third-order valence-electron chi connectivity index (χ3n) is 4.70. The molecule has 4 aromatic rings. The van der Waals surface area contributed by atoms with Gasteiger partial charge in [-0.3, -0.25) is 0 Å². The summed E-state index contributed by atoms with van der Waals surface area (Å²) in [5.41, 5.74) is 3.15. The van der Waals surface area contributed by atoms with Gasteiger partial charge in [-0.15, -0.1) is 0 Å². The smallest absolute Gasteiger partial charge is 0.349 e. The zero-order valence-electron chi connectivity index (χ0n) is 18.4. The van der Waals surface area contributed by atoms with Crippen LogP contribution in [0.4, 0.5) is 0 Å². The van der Waals surface area contributed by atoms with E-state index in [0.29, 0.717) is 35.9 Å². The number of hydrogen-bond acceptors (Lipinski definition) is 10. The molecule has 0 spiro atoms. The lowest BCUT2D eigenvalue weighted by atomic mass is 10.1. The molecule has 10 nitrogen and oxygen atoms in total. The van der Waals surface area contributed by atoms with E-state index in [-0.39, 0.29) is 5.88 Å². The average Bonchev–Trinajstić information content (AvgIpc) is 3.36. The van der Waals surface area contributed by atoms with E-state index in [0.717, 1.165) is 23.3 Å². The first-order valence-electron chi connectivity index (χ1n) is 10.4. The number of pyridine rings is 2. The summed E-state index contributed by atoms with van der Waals surface area (Å²) in [6, 6.07) is 18.5. The fraction of sp³-hybridized carbons (Fsp3) is 0.0800. The second-order valence-corrected chi connectivity index (χ2v) is 7.18. The largest absolute Gasteiger partial charge is 0.473 e. The lowest BCUT2D eigenvalue weighted by molar-refractivity contribution is -0.138.